The van der Waals surface area contributed by atoms with Crippen LogP contribution >= 0.6 is 22.6 Å². The van der Waals surface area contributed by atoms with Gasteiger partial charge in [0.25, 0.3) is 0 Å². The van der Waals surface area contributed by atoms with Crippen LogP contribution in [0.1, 0.15) is 10.4 Å². The highest BCUT2D eigenvalue weighted by molar-refractivity contribution is 14.1. The Balaban J connectivity index is 3.51. The summed E-state index contributed by atoms with van der Waals surface area (Å²) in [7, 11) is -3.30. The third kappa shape index (κ3) is 2.24. The molecule has 0 atom stereocenters. The van der Waals surface area contributed by atoms with Crippen LogP contribution in [0.25, 0.3) is 0 Å². The van der Waals surface area contributed by atoms with E-state index in [4.69, 9.17) is 5.73 Å². The second kappa shape index (κ2) is 3.85. The van der Waals surface area contributed by atoms with Crippen LogP contribution in [-0.2, 0) is 9.84 Å². The molecule has 0 bridgehead atoms. The summed E-state index contributed by atoms with van der Waals surface area (Å²) in [5, 5.41) is 0. The maximum Gasteiger partial charge on any atom is 0.249 e. The maximum atomic E-state index is 11.3. The van der Waals surface area contributed by atoms with Crippen molar-refractivity contribution in [3.05, 3.63) is 27.3 Å². The van der Waals surface area contributed by atoms with Crippen molar-refractivity contribution >= 4 is 38.3 Å². The normalized spacial score (nSPS) is 11.3. The molecular formula is C8H8INO3S. The molecule has 1 amide bonds. The summed E-state index contributed by atoms with van der Waals surface area (Å²) in [4.78, 5) is 11.1. The molecule has 76 valence electrons. The summed E-state index contributed by atoms with van der Waals surface area (Å²) in [6, 6.07) is 4.45. The first-order valence-corrected chi connectivity index (χ1v) is 6.59. The fourth-order valence-electron chi connectivity index (χ4n) is 0.987. The monoisotopic (exact) mass is 325 g/mol. The predicted octanol–water partition coefficient (Wildman–Crippen LogP) is 0.794. The highest BCUT2D eigenvalue weighted by Gasteiger charge is 2.16. The lowest BCUT2D eigenvalue weighted by Gasteiger charge is -2.04. The lowest BCUT2D eigenvalue weighted by atomic mass is 10.2. The number of carbonyl (C=O) groups is 1. The van der Waals surface area contributed by atoms with Gasteiger partial charge >= 0.3 is 0 Å². The van der Waals surface area contributed by atoms with E-state index >= 15 is 0 Å². The average Bonchev–Trinajstić information content (AvgIpc) is 2.01. The van der Waals surface area contributed by atoms with E-state index in [0.717, 1.165) is 6.26 Å². The van der Waals surface area contributed by atoms with Gasteiger partial charge in [-0.1, -0.05) is 6.07 Å². The summed E-state index contributed by atoms with van der Waals surface area (Å²) in [6.07, 6.45) is 1.09. The van der Waals surface area contributed by atoms with E-state index in [2.05, 4.69) is 0 Å². The van der Waals surface area contributed by atoms with E-state index in [1.807, 2.05) is 0 Å². The summed E-state index contributed by atoms with van der Waals surface area (Å²) in [5.41, 5.74) is 5.32. The van der Waals surface area contributed by atoms with E-state index in [-0.39, 0.29) is 10.5 Å². The molecule has 0 aliphatic heterocycles. The van der Waals surface area contributed by atoms with E-state index < -0.39 is 15.7 Å². The molecule has 1 aromatic carbocycles. The van der Waals surface area contributed by atoms with Crippen LogP contribution in [0.4, 0.5) is 0 Å². The molecule has 0 aromatic heterocycles. The molecule has 1 rings (SSSR count). The van der Waals surface area contributed by atoms with Crippen molar-refractivity contribution in [1.82, 2.24) is 0 Å². The highest BCUT2D eigenvalue weighted by Crippen LogP contribution is 2.21. The van der Waals surface area contributed by atoms with Crippen LogP contribution in [0.15, 0.2) is 23.1 Å². The van der Waals surface area contributed by atoms with Gasteiger partial charge in [0.1, 0.15) is 0 Å². The summed E-state index contributed by atoms with van der Waals surface area (Å²) in [5.74, 6) is -0.625. The first-order chi connectivity index (χ1) is 6.34. The minimum Gasteiger partial charge on any atom is -0.366 e. The van der Waals surface area contributed by atoms with Crippen LogP contribution in [0.5, 0.6) is 0 Å². The molecule has 0 fully saturated rings. The molecule has 4 nitrogen and oxygen atoms in total. The number of nitrogens with two attached hydrogens (primary N) is 1. The van der Waals surface area contributed by atoms with Gasteiger partial charge in [0.15, 0.2) is 9.84 Å². The molecule has 0 radical (unpaired) electrons. The zero-order valence-corrected chi connectivity index (χ0v) is 10.3. The molecule has 0 spiro atoms. The Kier molecular flexibility index (Phi) is 3.15. The first-order valence-electron chi connectivity index (χ1n) is 3.62. The van der Waals surface area contributed by atoms with Gasteiger partial charge in [-0.05, 0) is 34.7 Å². The Morgan fingerprint density at radius 2 is 2.00 bits per heavy atom. The SMILES string of the molecule is CS(=O)(=O)c1cccc(C(N)=O)c1I. The molecule has 14 heavy (non-hydrogen) atoms. The number of primary amides is 1. The minimum atomic E-state index is -3.30. The van der Waals surface area contributed by atoms with Gasteiger partial charge in [0.05, 0.1) is 10.5 Å². The fraction of sp³-hybridized carbons (Fsp3) is 0.125. The van der Waals surface area contributed by atoms with Crippen LogP contribution in [0.3, 0.4) is 0 Å². The summed E-state index contributed by atoms with van der Waals surface area (Å²) in [6.45, 7) is 0. The van der Waals surface area contributed by atoms with Gasteiger partial charge in [0.2, 0.25) is 5.91 Å². The quantitative estimate of drug-likeness (QED) is 0.817. The number of benzene rings is 1. The average molecular weight is 325 g/mol. The standard InChI is InChI=1S/C8H8INO3S/c1-14(12,13)6-4-2-3-5(7(6)9)8(10)11/h2-4H,1H3,(H2,10,11). The maximum absolute atomic E-state index is 11.3. The molecule has 0 unspecified atom stereocenters. The number of sulfone groups is 1. The zero-order chi connectivity index (χ0) is 10.9. The molecule has 2 N–H and O–H groups in total. The number of halogens is 1. The molecule has 0 aliphatic carbocycles. The van der Waals surface area contributed by atoms with Crippen molar-refractivity contribution in [2.24, 2.45) is 5.73 Å². The Morgan fingerprint density at radius 3 is 2.43 bits per heavy atom. The van der Waals surface area contributed by atoms with Gasteiger partial charge < -0.3 is 5.73 Å². The van der Waals surface area contributed by atoms with Gasteiger partial charge in [-0.15, -0.1) is 0 Å². The van der Waals surface area contributed by atoms with Crippen LogP contribution in [0, 0.1) is 3.57 Å². The Morgan fingerprint density at radius 1 is 1.43 bits per heavy atom. The van der Waals surface area contributed by atoms with Gasteiger partial charge in [-0.25, -0.2) is 8.42 Å². The van der Waals surface area contributed by atoms with Crippen molar-refractivity contribution in [3.8, 4) is 0 Å². The number of amides is 1. The first kappa shape index (κ1) is 11.4. The van der Waals surface area contributed by atoms with E-state index in [1.165, 1.54) is 18.2 Å². The van der Waals surface area contributed by atoms with E-state index in [0.29, 0.717) is 3.57 Å². The number of hydrogen-bond acceptors (Lipinski definition) is 3. The zero-order valence-electron chi connectivity index (χ0n) is 7.32. The van der Waals surface area contributed by atoms with Crippen molar-refractivity contribution < 1.29 is 13.2 Å². The van der Waals surface area contributed by atoms with E-state index in [1.54, 1.807) is 22.6 Å². The van der Waals surface area contributed by atoms with Crippen LogP contribution in [-0.4, -0.2) is 20.6 Å². The fourth-order valence-corrected chi connectivity index (χ4v) is 3.57. The second-order valence-corrected chi connectivity index (χ2v) is 5.82. The third-order valence-corrected chi connectivity index (χ3v) is 4.30. The summed E-state index contributed by atoms with van der Waals surface area (Å²) < 4.78 is 22.9. The van der Waals surface area contributed by atoms with E-state index in [9.17, 15) is 13.2 Å². The molecule has 0 heterocycles. The third-order valence-electron chi connectivity index (χ3n) is 1.63. The molecular weight excluding hydrogens is 317 g/mol. The predicted molar refractivity (Wildman–Crippen MR) is 60.8 cm³/mol. The van der Waals surface area contributed by atoms with Crippen molar-refractivity contribution in [2.75, 3.05) is 6.26 Å². The Hall–Kier alpha value is -0.630. The highest BCUT2D eigenvalue weighted by atomic mass is 127. The van der Waals surface area contributed by atoms with Crippen molar-refractivity contribution in [1.29, 1.82) is 0 Å². The molecule has 1 aromatic rings. The Labute approximate surface area is 95.5 Å². The second-order valence-electron chi connectivity index (χ2n) is 2.75. The lowest BCUT2D eigenvalue weighted by molar-refractivity contribution is 0.0999. The number of hydrogen-bond donors (Lipinski definition) is 1. The molecule has 6 heteroatoms. The number of rotatable bonds is 2. The largest absolute Gasteiger partial charge is 0.366 e. The minimum absolute atomic E-state index is 0.134. The number of carbonyl (C=O) groups excluding carboxylic acids is 1. The van der Waals surface area contributed by atoms with Crippen LogP contribution in [0.2, 0.25) is 0 Å². The molecule has 0 saturated carbocycles. The molecule has 0 saturated heterocycles. The van der Waals surface area contributed by atoms with Gasteiger partial charge in [-0.2, -0.15) is 0 Å². The topological polar surface area (TPSA) is 77.2 Å². The van der Waals surface area contributed by atoms with Gasteiger partial charge in [0, 0.05) is 9.83 Å². The van der Waals surface area contributed by atoms with Crippen molar-refractivity contribution in [3.63, 3.8) is 0 Å². The smallest absolute Gasteiger partial charge is 0.249 e. The van der Waals surface area contributed by atoms with Gasteiger partial charge in [-0.3, -0.25) is 4.79 Å². The van der Waals surface area contributed by atoms with Crippen LogP contribution < -0.4 is 5.73 Å². The summed E-state index contributed by atoms with van der Waals surface area (Å²) >= 11 is 1.80. The molecule has 0 aliphatic rings. The van der Waals surface area contributed by atoms with Crippen molar-refractivity contribution in [2.45, 2.75) is 4.90 Å². The Bertz CT molecular complexity index is 481. The lowest BCUT2D eigenvalue weighted by Crippen LogP contribution is -2.14.